The van der Waals surface area contributed by atoms with E-state index in [-0.39, 0.29) is 17.5 Å². The molecule has 1 heterocycles. The molecule has 0 amide bonds. The molecular formula is C26H20F3NO2. The van der Waals surface area contributed by atoms with Crippen molar-refractivity contribution in [1.29, 1.82) is 0 Å². The van der Waals surface area contributed by atoms with Gasteiger partial charge in [0.25, 0.3) is 5.78 Å². The van der Waals surface area contributed by atoms with Crippen molar-refractivity contribution in [2.24, 2.45) is 0 Å². The summed E-state index contributed by atoms with van der Waals surface area (Å²) in [6, 6.07) is 20.4. The standard InChI is InChI=1S/C26H20F3NO2/c1-25(2)20-11-7-6-10-16(20)17-12-18-22(13-21(17)25)30(15-8-4-3-5-9-15)14-19(23(18)31)24(32)26(27,28)29/h3-13,31H,14H2,1-2H3. The largest absolute Gasteiger partial charge is 0.507 e. The summed E-state index contributed by atoms with van der Waals surface area (Å²) in [6.45, 7) is 3.84. The third-order valence-corrected chi connectivity index (χ3v) is 6.45. The summed E-state index contributed by atoms with van der Waals surface area (Å²) in [5.74, 6) is -2.64. The lowest BCUT2D eigenvalue weighted by atomic mass is 9.81. The zero-order valence-corrected chi connectivity index (χ0v) is 17.5. The van der Waals surface area contributed by atoms with Gasteiger partial charge in [0.1, 0.15) is 5.76 Å². The maximum absolute atomic E-state index is 13.3. The summed E-state index contributed by atoms with van der Waals surface area (Å²) in [5, 5.41) is 10.9. The number of anilines is 2. The lowest BCUT2D eigenvalue weighted by molar-refractivity contribution is -0.166. The molecule has 6 heteroatoms. The molecule has 5 rings (SSSR count). The second-order valence-corrected chi connectivity index (χ2v) is 8.66. The fourth-order valence-electron chi connectivity index (χ4n) is 4.82. The van der Waals surface area contributed by atoms with Crippen molar-refractivity contribution in [3.05, 3.63) is 89.0 Å². The van der Waals surface area contributed by atoms with Crippen LogP contribution >= 0.6 is 0 Å². The Morgan fingerprint density at radius 2 is 1.56 bits per heavy atom. The summed E-state index contributed by atoms with van der Waals surface area (Å²) in [5.41, 5.74) is 4.43. The summed E-state index contributed by atoms with van der Waals surface area (Å²) < 4.78 is 40.0. The minimum atomic E-state index is -5.07. The normalized spacial score (nSPS) is 16.5. The SMILES string of the molecule is CC1(C)c2ccccc2-c2cc3c(cc21)N(c1ccccc1)CC(C(=O)C(F)(F)F)=C3O. The monoisotopic (exact) mass is 435 g/mol. The van der Waals surface area contributed by atoms with Gasteiger partial charge in [-0.3, -0.25) is 4.79 Å². The van der Waals surface area contributed by atoms with Crippen LogP contribution in [-0.4, -0.2) is 23.6 Å². The molecule has 1 N–H and O–H groups in total. The number of hydrogen-bond acceptors (Lipinski definition) is 3. The lowest BCUT2D eigenvalue weighted by Gasteiger charge is -2.34. The number of para-hydroxylation sites is 1. The van der Waals surface area contributed by atoms with E-state index in [1.807, 2.05) is 36.4 Å². The third kappa shape index (κ3) is 2.86. The fourth-order valence-corrected chi connectivity index (χ4v) is 4.82. The van der Waals surface area contributed by atoms with E-state index in [1.165, 1.54) is 0 Å². The van der Waals surface area contributed by atoms with E-state index >= 15 is 0 Å². The van der Waals surface area contributed by atoms with Gasteiger partial charge in [0.05, 0.1) is 17.8 Å². The van der Waals surface area contributed by atoms with Gasteiger partial charge in [-0.25, -0.2) is 0 Å². The van der Waals surface area contributed by atoms with Crippen molar-refractivity contribution in [3.63, 3.8) is 0 Å². The molecule has 3 aromatic rings. The zero-order valence-electron chi connectivity index (χ0n) is 17.5. The molecule has 0 saturated carbocycles. The van der Waals surface area contributed by atoms with E-state index in [0.717, 1.165) is 22.3 Å². The molecule has 32 heavy (non-hydrogen) atoms. The van der Waals surface area contributed by atoms with Crippen molar-refractivity contribution in [1.82, 2.24) is 0 Å². The van der Waals surface area contributed by atoms with E-state index in [9.17, 15) is 23.1 Å². The molecule has 0 radical (unpaired) electrons. The molecule has 0 saturated heterocycles. The van der Waals surface area contributed by atoms with Crippen LogP contribution in [0.2, 0.25) is 0 Å². The number of hydrogen-bond donors (Lipinski definition) is 1. The highest BCUT2D eigenvalue weighted by molar-refractivity contribution is 6.08. The molecule has 0 fully saturated rings. The van der Waals surface area contributed by atoms with Crippen LogP contribution in [0.3, 0.4) is 0 Å². The highest BCUT2D eigenvalue weighted by Gasteiger charge is 2.45. The molecule has 1 aliphatic heterocycles. The van der Waals surface area contributed by atoms with Gasteiger partial charge in [-0.1, -0.05) is 56.3 Å². The van der Waals surface area contributed by atoms with Crippen LogP contribution in [0.5, 0.6) is 0 Å². The zero-order chi connectivity index (χ0) is 22.8. The fraction of sp³-hybridized carbons (Fsp3) is 0.192. The summed E-state index contributed by atoms with van der Waals surface area (Å²) in [7, 11) is 0. The number of halogens is 3. The maximum atomic E-state index is 13.3. The number of Topliss-reactive ketones (excluding diaryl/α,β-unsaturated/α-hetero) is 1. The van der Waals surface area contributed by atoms with Gasteiger partial charge in [-0.05, 0) is 46.5 Å². The van der Waals surface area contributed by atoms with Crippen LogP contribution in [-0.2, 0) is 10.2 Å². The number of nitrogens with zero attached hydrogens (tertiary/aromatic N) is 1. The molecule has 3 aromatic carbocycles. The predicted molar refractivity (Wildman–Crippen MR) is 118 cm³/mol. The van der Waals surface area contributed by atoms with E-state index in [4.69, 9.17) is 0 Å². The quantitative estimate of drug-likeness (QED) is 0.497. The number of aliphatic hydroxyl groups excluding tert-OH is 1. The summed E-state index contributed by atoms with van der Waals surface area (Å²) >= 11 is 0. The molecule has 2 aliphatic rings. The van der Waals surface area contributed by atoms with Crippen LogP contribution < -0.4 is 4.90 Å². The van der Waals surface area contributed by atoms with Gasteiger partial charge >= 0.3 is 6.18 Å². The average Bonchev–Trinajstić information content (AvgIpc) is 3.00. The second kappa shape index (κ2) is 6.73. The van der Waals surface area contributed by atoms with E-state index in [0.29, 0.717) is 11.4 Å². The van der Waals surface area contributed by atoms with Gasteiger partial charge in [-0.2, -0.15) is 13.2 Å². The number of alkyl halides is 3. The first-order valence-electron chi connectivity index (χ1n) is 10.3. The number of fused-ring (bicyclic) bond motifs is 4. The lowest BCUT2D eigenvalue weighted by Crippen LogP contribution is -2.35. The molecule has 0 bridgehead atoms. The first-order chi connectivity index (χ1) is 15.1. The number of benzene rings is 3. The van der Waals surface area contributed by atoms with Crippen molar-refractivity contribution in [2.45, 2.75) is 25.4 Å². The molecular weight excluding hydrogens is 415 g/mol. The van der Waals surface area contributed by atoms with Crippen molar-refractivity contribution in [2.75, 3.05) is 11.4 Å². The number of carbonyl (C=O) groups excluding carboxylic acids is 1. The van der Waals surface area contributed by atoms with Crippen molar-refractivity contribution in [3.8, 4) is 11.1 Å². The predicted octanol–water partition coefficient (Wildman–Crippen LogP) is 6.55. The molecule has 162 valence electrons. The van der Waals surface area contributed by atoms with Crippen LogP contribution in [0.1, 0.15) is 30.5 Å². The van der Waals surface area contributed by atoms with E-state index in [2.05, 4.69) is 13.8 Å². The molecule has 0 spiro atoms. The molecule has 3 nitrogen and oxygen atoms in total. The Hall–Kier alpha value is -3.54. The third-order valence-electron chi connectivity index (χ3n) is 6.45. The summed E-state index contributed by atoms with van der Waals surface area (Å²) in [4.78, 5) is 13.8. The summed E-state index contributed by atoms with van der Waals surface area (Å²) in [6.07, 6.45) is -5.07. The van der Waals surface area contributed by atoms with Crippen molar-refractivity contribution >= 4 is 22.9 Å². The number of ketones is 1. The number of rotatable bonds is 2. The topological polar surface area (TPSA) is 40.5 Å². The van der Waals surface area contributed by atoms with E-state index in [1.54, 1.807) is 35.2 Å². The molecule has 1 aliphatic carbocycles. The Morgan fingerprint density at radius 3 is 2.25 bits per heavy atom. The molecule has 0 unspecified atom stereocenters. The first kappa shape index (κ1) is 20.4. The van der Waals surface area contributed by atoms with Crippen LogP contribution in [0.15, 0.2) is 72.3 Å². The van der Waals surface area contributed by atoms with Crippen molar-refractivity contribution < 1.29 is 23.1 Å². The van der Waals surface area contributed by atoms with Crippen LogP contribution in [0.25, 0.3) is 16.9 Å². The average molecular weight is 435 g/mol. The van der Waals surface area contributed by atoms with Gasteiger partial charge in [0, 0.05) is 16.7 Å². The smallest absolute Gasteiger partial charge is 0.454 e. The minimum Gasteiger partial charge on any atom is -0.507 e. The molecule has 0 aromatic heterocycles. The van der Waals surface area contributed by atoms with Gasteiger partial charge < -0.3 is 10.0 Å². The first-order valence-corrected chi connectivity index (χ1v) is 10.3. The van der Waals surface area contributed by atoms with Gasteiger partial charge in [0.15, 0.2) is 0 Å². The van der Waals surface area contributed by atoms with Crippen LogP contribution in [0.4, 0.5) is 24.5 Å². The molecule has 0 atom stereocenters. The van der Waals surface area contributed by atoms with E-state index < -0.39 is 23.3 Å². The Labute approximate surface area is 183 Å². The minimum absolute atomic E-state index is 0.221. The van der Waals surface area contributed by atoms with Gasteiger partial charge in [0.2, 0.25) is 0 Å². The Balaban J connectivity index is 1.79. The number of aliphatic hydroxyl groups is 1. The van der Waals surface area contributed by atoms with Crippen LogP contribution in [0, 0.1) is 0 Å². The highest BCUT2D eigenvalue weighted by Crippen LogP contribution is 2.52. The Kier molecular flexibility index (Phi) is 4.28. The maximum Gasteiger partial charge on any atom is 0.454 e. The Bertz CT molecular complexity index is 1290. The number of carbonyl (C=O) groups is 1. The Morgan fingerprint density at radius 1 is 0.906 bits per heavy atom. The van der Waals surface area contributed by atoms with Gasteiger partial charge in [-0.15, -0.1) is 0 Å². The highest BCUT2D eigenvalue weighted by atomic mass is 19.4. The second-order valence-electron chi connectivity index (χ2n) is 8.66.